The minimum atomic E-state index is -0.611. The van der Waals surface area contributed by atoms with Crippen molar-refractivity contribution in [3.63, 3.8) is 0 Å². The predicted octanol–water partition coefficient (Wildman–Crippen LogP) is 1.18. The quantitative estimate of drug-likeness (QED) is 0.818. The molecule has 0 radical (unpaired) electrons. The molecule has 0 saturated carbocycles. The molecule has 1 amide bonds. The third-order valence-corrected chi connectivity index (χ3v) is 4.41. The molecule has 0 bridgehead atoms. The summed E-state index contributed by atoms with van der Waals surface area (Å²) in [6, 6.07) is 7.13. The highest BCUT2D eigenvalue weighted by atomic mass is 32.1. The smallest absolute Gasteiger partial charge is 0.255 e. The maximum absolute atomic E-state index is 12.6. The van der Waals surface area contributed by atoms with E-state index < -0.39 is 5.54 Å². The SMILES string of the molecule is COc1ccccc1C(=O)NC1(C(N)=S)CCN(C)CC1. The number of benzene rings is 1. The normalized spacial score (nSPS) is 18.0. The molecule has 3 N–H and O–H groups in total. The lowest BCUT2D eigenvalue weighted by atomic mass is 9.87. The Labute approximate surface area is 130 Å². The number of hydrogen-bond donors (Lipinski definition) is 2. The highest BCUT2D eigenvalue weighted by molar-refractivity contribution is 7.80. The van der Waals surface area contributed by atoms with Crippen molar-refractivity contribution >= 4 is 23.1 Å². The molecule has 0 aromatic heterocycles. The number of thiocarbonyl (C=S) groups is 1. The number of piperidine rings is 1. The van der Waals surface area contributed by atoms with Crippen LogP contribution in [0.25, 0.3) is 0 Å². The molecule has 2 rings (SSSR count). The average molecular weight is 307 g/mol. The van der Waals surface area contributed by atoms with Gasteiger partial charge in [-0.05, 0) is 32.0 Å². The Bertz CT molecular complexity index is 539. The van der Waals surface area contributed by atoms with Crippen molar-refractivity contribution in [2.75, 3.05) is 27.2 Å². The number of methoxy groups -OCH3 is 1. The van der Waals surface area contributed by atoms with Crippen molar-refractivity contribution < 1.29 is 9.53 Å². The van der Waals surface area contributed by atoms with Crippen LogP contribution in [-0.4, -0.2) is 48.6 Å². The lowest BCUT2D eigenvalue weighted by Crippen LogP contribution is -2.61. The first-order chi connectivity index (χ1) is 9.98. The Kier molecular flexibility index (Phi) is 4.80. The fourth-order valence-electron chi connectivity index (χ4n) is 2.55. The highest BCUT2D eigenvalue weighted by Gasteiger charge is 2.38. The maximum Gasteiger partial charge on any atom is 0.255 e. The molecule has 6 heteroatoms. The average Bonchev–Trinajstić information content (AvgIpc) is 2.49. The minimum absolute atomic E-state index is 0.204. The summed E-state index contributed by atoms with van der Waals surface area (Å²) in [5.74, 6) is 0.339. The summed E-state index contributed by atoms with van der Waals surface area (Å²) in [6.07, 6.45) is 1.44. The molecule has 21 heavy (non-hydrogen) atoms. The van der Waals surface area contributed by atoms with Gasteiger partial charge in [0.25, 0.3) is 5.91 Å². The molecule has 1 saturated heterocycles. The number of rotatable bonds is 4. The number of likely N-dealkylation sites (tertiary alicyclic amines) is 1. The number of nitrogens with one attached hydrogen (secondary N) is 1. The van der Waals surface area contributed by atoms with Gasteiger partial charge in [-0.2, -0.15) is 0 Å². The van der Waals surface area contributed by atoms with E-state index in [0.29, 0.717) is 16.3 Å². The molecule has 5 nitrogen and oxygen atoms in total. The fraction of sp³-hybridized carbons (Fsp3) is 0.467. The van der Waals surface area contributed by atoms with Crippen LogP contribution in [0, 0.1) is 0 Å². The summed E-state index contributed by atoms with van der Waals surface area (Å²) in [5.41, 5.74) is 5.80. The maximum atomic E-state index is 12.6. The number of carbonyl (C=O) groups is 1. The topological polar surface area (TPSA) is 67.6 Å². The van der Waals surface area contributed by atoms with E-state index in [-0.39, 0.29) is 5.91 Å². The molecule has 0 spiro atoms. The Morgan fingerprint density at radius 2 is 2.00 bits per heavy atom. The zero-order valence-corrected chi connectivity index (χ0v) is 13.2. The third kappa shape index (κ3) is 3.33. The molecular formula is C15H21N3O2S. The van der Waals surface area contributed by atoms with Gasteiger partial charge in [-0.3, -0.25) is 4.79 Å². The summed E-state index contributed by atoms with van der Waals surface area (Å²) in [7, 11) is 3.59. The van der Waals surface area contributed by atoms with Gasteiger partial charge in [-0.25, -0.2) is 0 Å². The standard InChI is InChI=1S/C15H21N3O2S/c1-18-9-7-15(8-10-18,14(16)21)17-13(19)11-5-3-4-6-12(11)20-2/h3-6H,7-10H2,1-2H3,(H2,16,21)(H,17,19). The Morgan fingerprint density at radius 1 is 1.38 bits per heavy atom. The zero-order chi connectivity index (χ0) is 15.5. The van der Waals surface area contributed by atoms with Crippen LogP contribution in [0.5, 0.6) is 5.75 Å². The van der Waals surface area contributed by atoms with Gasteiger partial charge in [0.1, 0.15) is 5.75 Å². The first-order valence-electron chi connectivity index (χ1n) is 6.92. The van der Waals surface area contributed by atoms with Crippen LogP contribution in [0.3, 0.4) is 0 Å². The van der Waals surface area contributed by atoms with E-state index in [9.17, 15) is 4.79 Å². The van der Waals surface area contributed by atoms with Crippen molar-refractivity contribution in [1.29, 1.82) is 0 Å². The van der Waals surface area contributed by atoms with E-state index in [1.807, 2.05) is 13.1 Å². The highest BCUT2D eigenvalue weighted by Crippen LogP contribution is 2.24. The van der Waals surface area contributed by atoms with E-state index >= 15 is 0 Å². The van der Waals surface area contributed by atoms with Crippen LogP contribution >= 0.6 is 12.2 Å². The number of amides is 1. The van der Waals surface area contributed by atoms with Crippen molar-refractivity contribution in [2.45, 2.75) is 18.4 Å². The lowest BCUT2D eigenvalue weighted by molar-refractivity contribution is 0.0887. The first-order valence-corrected chi connectivity index (χ1v) is 7.33. The van der Waals surface area contributed by atoms with E-state index in [2.05, 4.69) is 10.2 Å². The number of carbonyl (C=O) groups excluding carboxylic acids is 1. The molecule has 1 aromatic carbocycles. The summed E-state index contributed by atoms with van der Waals surface area (Å²) in [4.78, 5) is 15.1. The Hall–Kier alpha value is -1.66. The molecule has 1 heterocycles. The Morgan fingerprint density at radius 3 is 2.57 bits per heavy atom. The second-order valence-electron chi connectivity index (χ2n) is 5.40. The fourth-order valence-corrected chi connectivity index (χ4v) is 2.81. The van der Waals surface area contributed by atoms with Crippen LogP contribution in [0.2, 0.25) is 0 Å². The number of ether oxygens (including phenoxy) is 1. The third-order valence-electron chi connectivity index (χ3n) is 4.02. The van der Waals surface area contributed by atoms with Crippen molar-refractivity contribution in [2.24, 2.45) is 5.73 Å². The summed E-state index contributed by atoms with van der Waals surface area (Å²) in [5, 5.41) is 3.03. The number of nitrogens with two attached hydrogens (primary N) is 1. The molecule has 0 aliphatic carbocycles. The van der Waals surface area contributed by atoms with E-state index in [4.69, 9.17) is 22.7 Å². The van der Waals surface area contributed by atoms with Gasteiger partial charge in [0, 0.05) is 13.1 Å². The van der Waals surface area contributed by atoms with Gasteiger partial charge in [0.05, 0.1) is 23.2 Å². The molecule has 1 fully saturated rings. The molecule has 0 unspecified atom stereocenters. The molecular weight excluding hydrogens is 286 g/mol. The van der Waals surface area contributed by atoms with E-state index in [1.54, 1.807) is 25.3 Å². The van der Waals surface area contributed by atoms with Crippen LogP contribution < -0.4 is 15.8 Å². The van der Waals surface area contributed by atoms with Gasteiger partial charge in [0.15, 0.2) is 0 Å². The van der Waals surface area contributed by atoms with Gasteiger partial charge in [0.2, 0.25) is 0 Å². The predicted molar refractivity (Wildman–Crippen MR) is 86.7 cm³/mol. The second kappa shape index (κ2) is 6.41. The molecule has 0 atom stereocenters. The first kappa shape index (κ1) is 15.7. The zero-order valence-electron chi connectivity index (χ0n) is 12.4. The van der Waals surface area contributed by atoms with Crippen LogP contribution in [0.4, 0.5) is 0 Å². The second-order valence-corrected chi connectivity index (χ2v) is 5.84. The van der Waals surface area contributed by atoms with Gasteiger partial charge < -0.3 is 20.7 Å². The lowest BCUT2D eigenvalue weighted by Gasteiger charge is -2.40. The van der Waals surface area contributed by atoms with Crippen LogP contribution in [0.15, 0.2) is 24.3 Å². The molecule has 1 aliphatic rings. The molecule has 1 aliphatic heterocycles. The van der Waals surface area contributed by atoms with Gasteiger partial charge >= 0.3 is 0 Å². The largest absolute Gasteiger partial charge is 0.496 e. The molecule has 1 aromatic rings. The molecule has 114 valence electrons. The van der Waals surface area contributed by atoms with Crippen molar-refractivity contribution in [3.05, 3.63) is 29.8 Å². The monoisotopic (exact) mass is 307 g/mol. The van der Waals surface area contributed by atoms with Gasteiger partial charge in [-0.1, -0.05) is 24.4 Å². The summed E-state index contributed by atoms with van der Waals surface area (Å²) in [6.45, 7) is 1.70. The number of hydrogen-bond acceptors (Lipinski definition) is 4. The van der Waals surface area contributed by atoms with Gasteiger partial charge in [-0.15, -0.1) is 0 Å². The summed E-state index contributed by atoms with van der Waals surface area (Å²) >= 11 is 5.21. The summed E-state index contributed by atoms with van der Waals surface area (Å²) < 4.78 is 5.23. The van der Waals surface area contributed by atoms with Crippen LogP contribution in [0.1, 0.15) is 23.2 Å². The minimum Gasteiger partial charge on any atom is -0.496 e. The van der Waals surface area contributed by atoms with Crippen molar-refractivity contribution in [3.8, 4) is 5.75 Å². The van der Waals surface area contributed by atoms with E-state index in [0.717, 1.165) is 25.9 Å². The number of para-hydroxylation sites is 1. The Balaban J connectivity index is 2.21. The van der Waals surface area contributed by atoms with Crippen molar-refractivity contribution in [1.82, 2.24) is 10.2 Å². The van der Waals surface area contributed by atoms with E-state index in [1.165, 1.54) is 0 Å². The van der Waals surface area contributed by atoms with Crippen LogP contribution in [-0.2, 0) is 0 Å². The number of nitrogens with zero attached hydrogens (tertiary/aromatic N) is 1.